The first-order valence-corrected chi connectivity index (χ1v) is 12.5. The first-order valence-electron chi connectivity index (χ1n) is 11.0. The van der Waals surface area contributed by atoms with E-state index in [1.165, 1.54) is 30.4 Å². The van der Waals surface area contributed by atoms with Crippen LogP contribution in [0, 0.1) is 6.92 Å². The third-order valence-electron chi connectivity index (χ3n) is 5.31. The Labute approximate surface area is 194 Å². The number of esters is 1. The maximum atomic E-state index is 12.8. The van der Waals surface area contributed by atoms with Gasteiger partial charge in [-0.25, -0.2) is 8.42 Å². The second-order valence-corrected chi connectivity index (χ2v) is 10.6. The van der Waals surface area contributed by atoms with E-state index in [4.69, 9.17) is 4.74 Å². The molecule has 1 atom stereocenters. The maximum Gasteiger partial charge on any atom is 0.327 e. The summed E-state index contributed by atoms with van der Waals surface area (Å²) < 4.78 is 33.2. The SMILES string of the molecule is COC(=O)C(C)(C/C=C(\C)CC/C=C(\C)CCC=C(C)C)NS(=O)(=O)c1ccc(C)cc1. The average Bonchev–Trinajstić information content (AvgIpc) is 2.71. The van der Waals surface area contributed by atoms with Crippen molar-refractivity contribution in [1.82, 2.24) is 4.72 Å². The number of carbonyl (C=O) groups excluding carboxylic acids is 1. The van der Waals surface area contributed by atoms with Gasteiger partial charge in [-0.1, -0.05) is 52.6 Å². The Kier molecular flexibility index (Phi) is 11.1. The van der Waals surface area contributed by atoms with Gasteiger partial charge in [-0.15, -0.1) is 0 Å². The van der Waals surface area contributed by atoms with Crippen molar-refractivity contribution in [1.29, 1.82) is 0 Å². The van der Waals surface area contributed by atoms with Crippen LogP contribution in [-0.4, -0.2) is 27.0 Å². The highest BCUT2D eigenvalue weighted by atomic mass is 32.2. The van der Waals surface area contributed by atoms with Crippen molar-refractivity contribution in [3.8, 4) is 0 Å². The number of hydrogen-bond donors (Lipinski definition) is 1. The van der Waals surface area contributed by atoms with Crippen LogP contribution >= 0.6 is 0 Å². The second-order valence-electron chi connectivity index (χ2n) is 8.91. The molecular formula is C26H39NO4S. The lowest BCUT2D eigenvalue weighted by Gasteiger charge is -2.26. The second kappa shape index (κ2) is 12.8. The predicted molar refractivity (Wildman–Crippen MR) is 132 cm³/mol. The summed E-state index contributed by atoms with van der Waals surface area (Å²) in [6.07, 6.45) is 10.5. The van der Waals surface area contributed by atoms with E-state index in [0.717, 1.165) is 36.8 Å². The molecule has 32 heavy (non-hydrogen) atoms. The van der Waals surface area contributed by atoms with Crippen LogP contribution in [0.25, 0.3) is 0 Å². The van der Waals surface area contributed by atoms with Crippen LogP contribution in [0.2, 0.25) is 0 Å². The molecule has 6 heteroatoms. The first kappa shape index (κ1) is 27.9. The number of aryl methyl sites for hydroxylation is 1. The molecule has 0 spiro atoms. The molecule has 0 radical (unpaired) electrons. The highest BCUT2D eigenvalue weighted by molar-refractivity contribution is 7.89. The van der Waals surface area contributed by atoms with Gasteiger partial charge in [-0.3, -0.25) is 4.79 Å². The highest BCUT2D eigenvalue weighted by Gasteiger charge is 2.38. The Morgan fingerprint density at radius 3 is 2.03 bits per heavy atom. The van der Waals surface area contributed by atoms with Crippen molar-refractivity contribution in [2.24, 2.45) is 0 Å². The molecule has 1 aromatic carbocycles. The van der Waals surface area contributed by atoms with Crippen molar-refractivity contribution < 1.29 is 17.9 Å². The normalized spacial score (nSPS) is 14.6. The Morgan fingerprint density at radius 1 is 0.969 bits per heavy atom. The summed E-state index contributed by atoms with van der Waals surface area (Å²) in [5.74, 6) is -0.618. The molecule has 0 saturated carbocycles. The van der Waals surface area contributed by atoms with E-state index in [0.29, 0.717) is 0 Å². The minimum atomic E-state index is -3.88. The molecule has 0 aliphatic heterocycles. The fraction of sp³-hybridized carbons (Fsp3) is 0.500. The van der Waals surface area contributed by atoms with Crippen LogP contribution < -0.4 is 4.72 Å². The number of nitrogens with one attached hydrogen (secondary N) is 1. The Bertz CT molecular complexity index is 952. The molecule has 0 amide bonds. The van der Waals surface area contributed by atoms with Gasteiger partial charge in [-0.05, 0) is 85.8 Å². The summed E-state index contributed by atoms with van der Waals surface area (Å²) in [6, 6.07) is 6.51. The van der Waals surface area contributed by atoms with Crippen LogP contribution in [0.4, 0.5) is 0 Å². The molecule has 0 aromatic heterocycles. The monoisotopic (exact) mass is 461 g/mol. The molecule has 0 bridgehead atoms. The van der Waals surface area contributed by atoms with E-state index >= 15 is 0 Å². The molecule has 0 saturated heterocycles. The van der Waals surface area contributed by atoms with Gasteiger partial charge in [0.15, 0.2) is 0 Å². The quantitative estimate of drug-likeness (QED) is 0.305. The number of rotatable bonds is 12. The van der Waals surface area contributed by atoms with Gasteiger partial charge < -0.3 is 4.74 Å². The smallest absolute Gasteiger partial charge is 0.327 e. The van der Waals surface area contributed by atoms with Crippen LogP contribution in [-0.2, 0) is 19.6 Å². The van der Waals surface area contributed by atoms with Crippen molar-refractivity contribution in [2.75, 3.05) is 7.11 Å². The predicted octanol–water partition coefficient (Wildman–Crippen LogP) is 6.01. The molecule has 1 N–H and O–H groups in total. The summed E-state index contributed by atoms with van der Waals surface area (Å²) >= 11 is 0. The van der Waals surface area contributed by atoms with Crippen LogP contribution in [0.3, 0.4) is 0 Å². The van der Waals surface area contributed by atoms with Gasteiger partial charge >= 0.3 is 5.97 Å². The lowest BCUT2D eigenvalue weighted by atomic mass is 9.97. The fourth-order valence-electron chi connectivity index (χ4n) is 3.18. The van der Waals surface area contributed by atoms with E-state index in [-0.39, 0.29) is 11.3 Å². The van der Waals surface area contributed by atoms with Crippen molar-refractivity contribution in [3.63, 3.8) is 0 Å². The Morgan fingerprint density at radius 2 is 1.50 bits per heavy atom. The number of methoxy groups -OCH3 is 1. The third kappa shape index (κ3) is 9.53. The zero-order valence-corrected chi connectivity index (χ0v) is 21.4. The summed E-state index contributed by atoms with van der Waals surface area (Å²) in [6.45, 7) is 11.8. The number of sulfonamides is 1. The molecule has 178 valence electrons. The standard InChI is InChI=1S/C26H39NO4S/c1-20(2)10-8-11-21(3)12-9-13-22(4)18-19-26(6,25(28)31-7)27-32(29,30)24-16-14-23(5)15-17-24/h10,12,14-18,27H,8-9,11,13,19H2,1-7H3/b21-12+,22-18+. The van der Waals surface area contributed by atoms with E-state index in [9.17, 15) is 13.2 Å². The van der Waals surface area contributed by atoms with Gasteiger partial charge in [0.05, 0.1) is 12.0 Å². The fourth-order valence-corrected chi connectivity index (χ4v) is 4.55. The van der Waals surface area contributed by atoms with Gasteiger partial charge in [0.1, 0.15) is 5.54 Å². The summed E-state index contributed by atoms with van der Waals surface area (Å²) in [5.41, 5.74) is 3.36. The summed E-state index contributed by atoms with van der Waals surface area (Å²) in [7, 11) is -2.61. The van der Waals surface area contributed by atoms with Gasteiger partial charge in [0.2, 0.25) is 10.0 Å². The molecule has 0 aliphatic rings. The largest absolute Gasteiger partial charge is 0.468 e. The molecule has 0 aliphatic carbocycles. The number of carbonyl (C=O) groups is 1. The first-order chi connectivity index (χ1) is 14.9. The minimum Gasteiger partial charge on any atom is -0.468 e. The molecule has 5 nitrogen and oxygen atoms in total. The van der Waals surface area contributed by atoms with E-state index in [2.05, 4.69) is 37.6 Å². The average molecular weight is 462 g/mol. The molecule has 1 rings (SSSR count). The van der Waals surface area contributed by atoms with Gasteiger partial charge in [-0.2, -0.15) is 4.72 Å². The summed E-state index contributed by atoms with van der Waals surface area (Å²) in [4.78, 5) is 12.6. The van der Waals surface area contributed by atoms with Gasteiger partial charge in [0.25, 0.3) is 0 Å². The zero-order valence-electron chi connectivity index (χ0n) is 20.6. The zero-order chi connectivity index (χ0) is 24.4. The number of ether oxygens (including phenoxy) is 1. The molecule has 1 aromatic rings. The van der Waals surface area contributed by atoms with Crippen LogP contribution in [0.15, 0.2) is 64.1 Å². The van der Waals surface area contributed by atoms with Crippen LogP contribution in [0.5, 0.6) is 0 Å². The molecule has 1 unspecified atom stereocenters. The molecular weight excluding hydrogens is 422 g/mol. The summed E-state index contributed by atoms with van der Waals surface area (Å²) in [5, 5.41) is 0. The third-order valence-corrected chi connectivity index (χ3v) is 6.92. The number of allylic oxidation sites excluding steroid dienone is 5. The van der Waals surface area contributed by atoms with E-state index in [1.54, 1.807) is 19.1 Å². The topological polar surface area (TPSA) is 72.5 Å². The van der Waals surface area contributed by atoms with Gasteiger partial charge in [0, 0.05) is 0 Å². The number of hydrogen-bond acceptors (Lipinski definition) is 4. The lowest BCUT2D eigenvalue weighted by molar-refractivity contribution is -0.146. The maximum absolute atomic E-state index is 12.8. The minimum absolute atomic E-state index is 0.118. The van der Waals surface area contributed by atoms with E-state index < -0.39 is 21.5 Å². The Balaban J connectivity index is 2.83. The van der Waals surface area contributed by atoms with E-state index in [1.807, 2.05) is 19.9 Å². The molecule has 0 fully saturated rings. The number of benzene rings is 1. The highest BCUT2D eigenvalue weighted by Crippen LogP contribution is 2.21. The Hall–Kier alpha value is -2.18. The lowest BCUT2D eigenvalue weighted by Crippen LogP contribution is -2.52. The van der Waals surface area contributed by atoms with Crippen molar-refractivity contribution >= 4 is 16.0 Å². The van der Waals surface area contributed by atoms with Crippen molar-refractivity contribution in [3.05, 3.63) is 64.8 Å². The van der Waals surface area contributed by atoms with Crippen molar-refractivity contribution in [2.45, 2.75) is 84.1 Å². The van der Waals surface area contributed by atoms with Crippen LogP contribution in [0.1, 0.15) is 72.3 Å². The molecule has 0 heterocycles.